The van der Waals surface area contributed by atoms with E-state index in [0.29, 0.717) is 32.4 Å². The molecule has 5 heteroatoms. The SMILES string of the molecule is COc1ccc(C2=CC=C(c3ccc(OC)cc3)S2(=O)=O)cc1. The van der Waals surface area contributed by atoms with Crippen LogP contribution in [0.1, 0.15) is 11.1 Å². The monoisotopic (exact) mass is 328 g/mol. The lowest BCUT2D eigenvalue weighted by atomic mass is 10.2. The van der Waals surface area contributed by atoms with Crippen LogP contribution in [-0.4, -0.2) is 22.6 Å². The molecule has 0 aliphatic carbocycles. The van der Waals surface area contributed by atoms with Crippen molar-refractivity contribution in [3.63, 3.8) is 0 Å². The number of hydrogen-bond acceptors (Lipinski definition) is 4. The minimum atomic E-state index is -3.53. The first-order chi connectivity index (χ1) is 11.1. The maximum atomic E-state index is 12.8. The van der Waals surface area contributed by atoms with E-state index >= 15 is 0 Å². The summed E-state index contributed by atoms with van der Waals surface area (Å²) >= 11 is 0. The van der Waals surface area contributed by atoms with E-state index in [1.54, 1.807) is 74.9 Å². The van der Waals surface area contributed by atoms with Crippen LogP contribution in [0.15, 0.2) is 60.7 Å². The van der Waals surface area contributed by atoms with Gasteiger partial charge in [0, 0.05) is 0 Å². The van der Waals surface area contributed by atoms with E-state index in [1.165, 1.54) is 0 Å². The summed E-state index contributed by atoms with van der Waals surface area (Å²) in [6.07, 6.45) is 3.27. The molecular weight excluding hydrogens is 312 g/mol. The number of benzene rings is 2. The van der Waals surface area contributed by atoms with E-state index < -0.39 is 9.84 Å². The zero-order valence-electron chi connectivity index (χ0n) is 12.8. The Morgan fingerprint density at radius 3 is 1.30 bits per heavy atom. The fraction of sp³-hybridized carbons (Fsp3) is 0.111. The topological polar surface area (TPSA) is 52.6 Å². The van der Waals surface area contributed by atoms with Crippen LogP contribution >= 0.6 is 0 Å². The van der Waals surface area contributed by atoms with Crippen molar-refractivity contribution in [3.8, 4) is 11.5 Å². The number of allylic oxidation sites excluding steroid dienone is 2. The van der Waals surface area contributed by atoms with E-state index in [4.69, 9.17) is 9.47 Å². The number of sulfone groups is 1. The van der Waals surface area contributed by atoms with Crippen LogP contribution in [0.5, 0.6) is 11.5 Å². The van der Waals surface area contributed by atoms with E-state index in [1.807, 2.05) is 0 Å². The lowest BCUT2D eigenvalue weighted by molar-refractivity contribution is 0.414. The summed E-state index contributed by atoms with van der Waals surface area (Å²) in [7, 11) is -0.386. The highest BCUT2D eigenvalue weighted by Crippen LogP contribution is 2.38. The molecule has 1 heterocycles. The van der Waals surface area contributed by atoms with Gasteiger partial charge in [0.15, 0.2) is 0 Å². The normalized spacial score (nSPS) is 15.7. The summed E-state index contributed by atoms with van der Waals surface area (Å²) in [5, 5.41) is 0. The van der Waals surface area contributed by atoms with Gasteiger partial charge in [-0.2, -0.15) is 0 Å². The fourth-order valence-electron chi connectivity index (χ4n) is 2.46. The van der Waals surface area contributed by atoms with E-state index in [2.05, 4.69) is 0 Å². The first kappa shape index (κ1) is 15.4. The zero-order chi connectivity index (χ0) is 16.4. The number of methoxy groups -OCH3 is 2. The molecule has 3 rings (SSSR count). The van der Waals surface area contributed by atoms with Gasteiger partial charge in [0.05, 0.1) is 24.0 Å². The van der Waals surface area contributed by atoms with Crippen LogP contribution < -0.4 is 9.47 Å². The van der Waals surface area contributed by atoms with Crippen LogP contribution in [-0.2, 0) is 9.84 Å². The molecule has 0 fully saturated rings. The Labute approximate surface area is 135 Å². The largest absolute Gasteiger partial charge is 0.497 e. The molecule has 1 aliphatic rings. The van der Waals surface area contributed by atoms with E-state index in [0.717, 1.165) is 0 Å². The Morgan fingerprint density at radius 2 is 1.00 bits per heavy atom. The molecule has 2 aromatic carbocycles. The third kappa shape index (κ3) is 2.75. The quantitative estimate of drug-likeness (QED) is 0.862. The number of hydrogen-bond donors (Lipinski definition) is 0. The summed E-state index contributed by atoms with van der Waals surface area (Å²) in [4.78, 5) is 0.594. The molecule has 0 unspecified atom stereocenters. The number of ether oxygens (including phenoxy) is 2. The molecule has 23 heavy (non-hydrogen) atoms. The van der Waals surface area contributed by atoms with E-state index in [9.17, 15) is 8.42 Å². The Balaban J connectivity index is 1.93. The minimum Gasteiger partial charge on any atom is -0.497 e. The first-order valence-corrected chi connectivity index (χ1v) is 8.50. The molecule has 0 radical (unpaired) electrons. The van der Waals surface area contributed by atoms with Crippen molar-refractivity contribution in [3.05, 3.63) is 71.8 Å². The van der Waals surface area contributed by atoms with Crippen LogP contribution in [0.25, 0.3) is 9.81 Å². The minimum absolute atomic E-state index is 0.297. The molecule has 0 atom stereocenters. The van der Waals surface area contributed by atoms with Gasteiger partial charge in [-0.15, -0.1) is 0 Å². The van der Waals surface area contributed by atoms with Crippen molar-refractivity contribution in [1.29, 1.82) is 0 Å². The third-order valence-electron chi connectivity index (χ3n) is 3.71. The summed E-state index contributed by atoms with van der Waals surface area (Å²) in [5.41, 5.74) is 1.29. The molecule has 0 saturated heterocycles. The Bertz CT molecular complexity index is 804. The molecule has 0 bridgehead atoms. The van der Waals surface area contributed by atoms with Gasteiger partial charge in [-0.3, -0.25) is 0 Å². The van der Waals surface area contributed by atoms with Gasteiger partial charge < -0.3 is 9.47 Å². The molecule has 0 N–H and O–H groups in total. The highest BCUT2D eigenvalue weighted by molar-refractivity contribution is 8.09. The van der Waals surface area contributed by atoms with Gasteiger partial charge in [-0.1, -0.05) is 0 Å². The van der Waals surface area contributed by atoms with Crippen LogP contribution in [0.2, 0.25) is 0 Å². The maximum Gasteiger partial charge on any atom is 0.207 e. The highest BCUT2D eigenvalue weighted by atomic mass is 32.2. The maximum absolute atomic E-state index is 12.8. The number of rotatable bonds is 4. The van der Waals surface area contributed by atoms with Crippen molar-refractivity contribution in [1.82, 2.24) is 0 Å². The summed E-state index contributed by atoms with van der Waals surface area (Å²) in [5.74, 6) is 1.38. The molecule has 0 amide bonds. The predicted molar refractivity (Wildman–Crippen MR) is 90.9 cm³/mol. The second-order valence-corrected chi connectivity index (χ2v) is 6.91. The zero-order valence-corrected chi connectivity index (χ0v) is 13.6. The second kappa shape index (κ2) is 5.93. The van der Waals surface area contributed by atoms with Gasteiger partial charge in [0.1, 0.15) is 11.5 Å². The van der Waals surface area contributed by atoms with Crippen molar-refractivity contribution in [2.24, 2.45) is 0 Å². The highest BCUT2D eigenvalue weighted by Gasteiger charge is 2.29. The molecule has 4 nitrogen and oxygen atoms in total. The predicted octanol–water partition coefficient (Wildman–Crippen LogP) is 3.51. The third-order valence-corrected chi connectivity index (χ3v) is 5.62. The van der Waals surface area contributed by atoms with Gasteiger partial charge in [-0.25, -0.2) is 8.42 Å². The molecule has 0 spiro atoms. The molecular formula is C18H16O4S. The van der Waals surface area contributed by atoms with Gasteiger partial charge in [0.25, 0.3) is 0 Å². The molecule has 0 aromatic heterocycles. The van der Waals surface area contributed by atoms with Crippen molar-refractivity contribution < 1.29 is 17.9 Å². The first-order valence-electron chi connectivity index (χ1n) is 7.02. The molecule has 1 aliphatic heterocycles. The molecule has 0 saturated carbocycles. The van der Waals surface area contributed by atoms with Crippen LogP contribution in [0.3, 0.4) is 0 Å². The van der Waals surface area contributed by atoms with Crippen molar-refractivity contribution in [2.45, 2.75) is 0 Å². The summed E-state index contributed by atoms with van der Waals surface area (Å²) in [6.45, 7) is 0. The smallest absolute Gasteiger partial charge is 0.207 e. The Hall–Kier alpha value is -2.53. The fourth-order valence-corrected chi connectivity index (χ4v) is 4.09. The molecule has 2 aromatic rings. The van der Waals surface area contributed by atoms with Gasteiger partial charge in [0.2, 0.25) is 9.84 Å². The standard InChI is InChI=1S/C18H16O4S/c1-21-15-7-3-13(4-8-15)17-11-12-18(23(17,19)20)14-5-9-16(22-2)10-6-14/h3-12H,1-2H3. The average Bonchev–Trinajstić information content (AvgIpc) is 2.90. The average molecular weight is 328 g/mol. The second-order valence-electron chi connectivity index (χ2n) is 5.02. The lowest BCUT2D eigenvalue weighted by Crippen LogP contribution is -2.02. The van der Waals surface area contributed by atoms with Gasteiger partial charge in [-0.05, 0) is 71.8 Å². The Morgan fingerprint density at radius 1 is 0.652 bits per heavy atom. The van der Waals surface area contributed by atoms with Crippen molar-refractivity contribution >= 4 is 19.6 Å². The molecule has 118 valence electrons. The van der Waals surface area contributed by atoms with Crippen LogP contribution in [0, 0.1) is 0 Å². The van der Waals surface area contributed by atoms with E-state index in [-0.39, 0.29) is 0 Å². The van der Waals surface area contributed by atoms with Crippen molar-refractivity contribution in [2.75, 3.05) is 14.2 Å². The Kier molecular flexibility index (Phi) is 3.96. The lowest BCUT2D eigenvalue weighted by Gasteiger charge is -2.09. The van der Waals surface area contributed by atoms with Gasteiger partial charge >= 0.3 is 0 Å². The van der Waals surface area contributed by atoms with Crippen LogP contribution in [0.4, 0.5) is 0 Å². The summed E-state index contributed by atoms with van der Waals surface area (Å²) < 4.78 is 35.8. The summed E-state index contributed by atoms with van der Waals surface area (Å²) in [6, 6.07) is 14.0.